The molecule has 0 radical (unpaired) electrons. The maximum Gasteiger partial charge on any atom is 0.442 e. The number of hydrogen-bond donors (Lipinski definition) is 1. The molecule has 0 aromatic rings. The van der Waals surface area contributed by atoms with Crippen molar-refractivity contribution in [1.82, 2.24) is 4.90 Å². The predicted octanol–water partition coefficient (Wildman–Crippen LogP) is 1.22. The molecule has 0 unspecified atom stereocenters. The first-order valence-corrected chi connectivity index (χ1v) is 5.11. The minimum Gasteiger partial charge on any atom is -0.340 e. The summed E-state index contributed by atoms with van der Waals surface area (Å²) in [5, 5.41) is 0. The van der Waals surface area contributed by atoms with Crippen LogP contribution in [0.4, 0.5) is 13.2 Å². The van der Waals surface area contributed by atoms with Crippen LogP contribution < -0.4 is 5.73 Å². The van der Waals surface area contributed by atoms with Gasteiger partial charge in [-0.3, -0.25) is 4.79 Å². The fraction of sp³-hybridized carbons (Fsp3) is 0.857. The van der Waals surface area contributed by atoms with Gasteiger partial charge in [0.05, 0.1) is 5.75 Å². The second-order valence-electron chi connectivity index (χ2n) is 3.12. The number of likely N-dealkylation sites (tertiary alicyclic amines) is 1. The number of carbonyl (C=O) groups excluding carboxylic acids is 1. The van der Waals surface area contributed by atoms with Crippen LogP contribution in [0.1, 0.15) is 6.42 Å². The van der Waals surface area contributed by atoms with Gasteiger partial charge in [0, 0.05) is 19.1 Å². The van der Waals surface area contributed by atoms with Crippen LogP contribution in [0.3, 0.4) is 0 Å². The Bertz CT molecular complexity index is 227. The molecular weight excluding hydrogens is 253 g/mol. The summed E-state index contributed by atoms with van der Waals surface area (Å²) in [6.45, 7) is 0.843. The maximum atomic E-state index is 11.7. The van der Waals surface area contributed by atoms with E-state index < -0.39 is 17.2 Å². The zero-order valence-corrected chi connectivity index (χ0v) is 9.42. The van der Waals surface area contributed by atoms with E-state index in [0.717, 1.165) is 0 Å². The average Bonchev–Trinajstić information content (AvgIpc) is 2.46. The standard InChI is InChI=1S/C7H11F3N2OS.ClH/c8-7(9,10)14-4-6(13)12-2-1-5(11)3-12;/h5H,1-4,11H2;1H/t5-;/m0./s1. The number of alkyl halides is 3. The molecular formula is C7H12ClF3N2OS. The molecule has 0 aromatic heterocycles. The zero-order chi connectivity index (χ0) is 10.8. The molecule has 1 rings (SSSR count). The van der Waals surface area contributed by atoms with Crippen LogP contribution in [0.15, 0.2) is 0 Å². The van der Waals surface area contributed by atoms with Gasteiger partial charge in [-0.1, -0.05) is 0 Å². The Morgan fingerprint density at radius 3 is 2.53 bits per heavy atom. The molecule has 15 heavy (non-hydrogen) atoms. The van der Waals surface area contributed by atoms with Gasteiger partial charge >= 0.3 is 5.51 Å². The summed E-state index contributed by atoms with van der Waals surface area (Å²) in [5.74, 6) is -1.03. The second kappa shape index (κ2) is 5.81. The monoisotopic (exact) mass is 264 g/mol. The molecule has 1 aliphatic rings. The highest BCUT2D eigenvalue weighted by molar-refractivity contribution is 8.00. The lowest BCUT2D eigenvalue weighted by Gasteiger charge is -2.15. The van der Waals surface area contributed by atoms with Crippen LogP contribution in [0.25, 0.3) is 0 Å². The van der Waals surface area contributed by atoms with Gasteiger partial charge < -0.3 is 10.6 Å². The summed E-state index contributed by atoms with van der Waals surface area (Å²) in [7, 11) is 0. The predicted molar refractivity (Wildman–Crippen MR) is 54.9 cm³/mol. The lowest BCUT2D eigenvalue weighted by Crippen LogP contribution is -2.33. The molecule has 1 fully saturated rings. The number of nitrogens with zero attached hydrogens (tertiary/aromatic N) is 1. The van der Waals surface area contributed by atoms with Crippen molar-refractivity contribution >= 4 is 30.1 Å². The first kappa shape index (κ1) is 14.9. The molecule has 0 aliphatic carbocycles. The van der Waals surface area contributed by atoms with Crippen LogP contribution in [-0.2, 0) is 4.79 Å². The highest BCUT2D eigenvalue weighted by atomic mass is 35.5. The van der Waals surface area contributed by atoms with E-state index in [2.05, 4.69) is 0 Å². The van der Waals surface area contributed by atoms with Crippen LogP contribution in [-0.4, -0.2) is 41.2 Å². The Morgan fingerprint density at radius 1 is 1.53 bits per heavy atom. The molecule has 1 aliphatic heterocycles. The van der Waals surface area contributed by atoms with Gasteiger partial charge in [0.25, 0.3) is 0 Å². The van der Waals surface area contributed by atoms with Crippen molar-refractivity contribution in [2.75, 3.05) is 18.8 Å². The third-order valence-electron chi connectivity index (χ3n) is 1.94. The van der Waals surface area contributed by atoms with E-state index in [1.807, 2.05) is 0 Å². The lowest BCUT2D eigenvalue weighted by molar-refractivity contribution is -0.127. The topological polar surface area (TPSA) is 46.3 Å². The Balaban J connectivity index is 0.00000196. The van der Waals surface area contributed by atoms with Crippen LogP contribution in [0.5, 0.6) is 0 Å². The van der Waals surface area contributed by atoms with Crippen LogP contribution >= 0.6 is 24.2 Å². The number of hydrogen-bond acceptors (Lipinski definition) is 3. The number of thioether (sulfide) groups is 1. The number of rotatable bonds is 2. The highest BCUT2D eigenvalue weighted by Gasteiger charge is 2.31. The van der Waals surface area contributed by atoms with E-state index in [1.54, 1.807) is 0 Å². The van der Waals surface area contributed by atoms with Gasteiger partial charge in [0.2, 0.25) is 5.91 Å². The molecule has 3 nitrogen and oxygen atoms in total. The third-order valence-corrected chi connectivity index (χ3v) is 2.66. The van der Waals surface area contributed by atoms with Gasteiger partial charge in [-0.2, -0.15) is 13.2 Å². The van der Waals surface area contributed by atoms with Gasteiger partial charge in [-0.05, 0) is 18.2 Å². The molecule has 0 aromatic carbocycles. The van der Waals surface area contributed by atoms with Gasteiger partial charge in [-0.15, -0.1) is 12.4 Å². The molecule has 0 bridgehead atoms. The summed E-state index contributed by atoms with van der Waals surface area (Å²) in [4.78, 5) is 12.6. The van der Waals surface area contributed by atoms with E-state index in [9.17, 15) is 18.0 Å². The molecule has 1 amide bonds. The van der Waals surface area contributed by atoms with Crippen molar-refractivity contribution in [2.45, 2.75) is 18.0 Å². The smallest absolute Gasteiger partial charge is 0.340 e. The molecule has 0 spiro atoms. The zero-order valence-electron chi connectivity index (χ0n) is 7.79. The largest absolute Gasteiger partial charge is 0.442 e. The molecule has 1 saturated heterocycles. The number of halogens is 4. The first-order valence-electron chi connectivity index (χ1n) is 4.12. The van der Waals surface area contributed by atoms with E-state index in [4.69, 9.17) is 5.73 Å². The maximum absolute atomic E-state index is 11.7. The Hall–Kier alpha value is -0.140. The normalized spacial score (nSPS) is 21.3. The minimum absolute atomic E-state index is 0. The van der Waals surface area contributed by atoms with Gasteiger partial charge in [0.1, 0.15) is 0 Å². The fourth-order valence-electron chi connectivity index (χ4n) is 1.25. The summed E-state index contributed by atoms with van der Waals surface area (Å²) in [6.07, 6.45) is 0.669. The van der Waals surface area contributed by atoms with Crippen LogP contribution in [0.2, 0.25) is 0 Å². The third kappa shape index (κ3) is 5.48. The number of carbonyl (C=O) groups is 1. The molecule has 8 heteroatoms. The summed E-state index contributed by atoms with van der Waals surface area (Å²) in [6, 6.07) is -0.0881. The van der Waals surface area contributed by atoms with E-state index in [0.29, 0.717) is 19.5 Å². The SMILES string of the molecule is Cl.N[C@H]1CCN(C(=O)CSC(F)(F)F)C1. The Kier molecular flexibility index (Phi) is 5.76. The quantitative estimate of drug-likeness (QED) is 0.816. The first-order chi connectivity index (χ1) is 6.38. The van der Waals surface area contributed by atoms with Crippen molar-refractivity contribution < 1.29 is 18.0 Å². The molecule has 0 saturated carbocycles. The lowest BCUT2D eigenvalue weighted by atomic mass is 10.3. The van der Waals surface area contributed by atoms with Crippen LogP contribution in [0, 0.1) is 0 Å². The van der Waals surface area contributed by atoms with Gasteiger partial charge in [0.15, 0.2) is 0 Å². The fourth-order valence-corrected chi connectivity index (χ4v) is 1.72. The average molecular weight is 265 g/mol. The molecule has 1 heterocycles. The Morgan fingerprint density at radius 2 is 2.13 bits per heavy atom. The van der Waals surface area contributed by atoms with Gasteiger partial charge in [-0.25, -0.2) is 0 Å². The number of amides is 1. The summed E-state index contributed by atoms with van der Waals surface area (Å²) >= 11 is -0.302. The van der Waals surface area contributed by atoms with E-state index >= 15 is 0 Å². The van der Waals surface area contributed by atoms with Crippen molar-refractivity contribution in [2.24, 2.45) is 5.73 Å². The number of nitrogens with two attached hydrogens (primary N) is 1. The Labute approximate surface area is 96.0 Å². The molecule has 2 N–H and O–H groups in total. The molecule has 90 valence electrons. The molecule has 1 atom stereocenters. The van der Waals surface area contributed by atoms with Crippen molar-refractivity contribution in [3.05, 3.63) is 0 Å². The summed E-state index contributed by atoms with van der Waals surface area (Å²) < 4.78 is 35.2. The van der Waals surface area contributed by atoms with Crippen molar-refractivity contribution in [1.29, 1.82) is 0 Å². The van der Waals surface area contributed by atoms with Crippen molar-refractivity contribution in [3.8, 4) is 0 Å². The second-order valence-corrected chi connectivity index (χ2v) is 4.16. The van der Waals surface area contributed by atoms with E-state index in [-0.39, 0.29) is 30.2 Å². The highest BCUT2D eigenvalue weighted by Crippen LogP contribution is 2.30. The minimum atomic E-state index is -4.34. The van der Waals surface area contributed by atoms with Crippen molar-refractivity contribution in [3.63, 3.8) is 0 Å². The summed E-state index contributed by atoms with van der Waals surface area (Å²) in [5.41, 5.74) is 1.19. The van der Waals surface area contributed by atoms with E-state index in [1.165, 1.54) is 4.90 Å².